The van der Waals surface area contributed by atoms with Crippen molar-refractivity contribution in [3.8, 4) is 0 Å². The summed E-state index contributed by atoms with van der Waals surface area (Å²) < 4.78 is 4.66. The summed E-state index contributed by atoms with van der Waals surface area (Å²) in [5.41, 5.74) is 4.81. The molecule has 0 aromatic rings. The van der Waals surface area contributed by atoms with E-state index in [1.54, 1.807) is 6.92 Å². The van der Waals surface area contributed by atoms with Crippen LogP contribution in [0.15, 0.2) is 0 Å². The van der Waals surface area contributed by atoms with Gasteiger partial charge in [-0.05, 0) is 20.3 Å². The Morgan fingerprint density at radius 1 is 1.53 bits per heavy atom. The van der Waals surface area contributed by atoms with Gasteiger partial charge in [-0.25, -0.2) is 0 Å². The summed E-state index contributed by atoms with van der Waals surface area (Å²) in [6.07, 6.45) is 0.698. The summed E-state index contributed by atoms with van der Waals surface area (Å²) in [5, 5.41) is 0. The van der Waals surface area contributed by atoms with Crippen LogP contribution >= 0.6 is 0 Å². The van der Waals surface area contributed by atoms with Crippen molar-refractivity contribution in [1.29, 1.82) is 0 Å². The predicted octanol–water partition coefficient (Wildman–Crippen LogP) is -0.255. The van der Waals surface area contributed by atoms with Crippen LogP contribution in [0.1, 0.15) is 20.3 Å². The van der Waals surface area contributed by atoms with Gasteiger partial charge in [0, 0.05) is 13.1 Å². The number of nitrogens with zero attached hydrogens (tertiary/aromatic N) is 1. The molecule has 15 heavy (non-hydrogen) atoms. The van der Waals surface area contributed by atoms with E-state index in [1.165, 1.54) is 7.11 Å². The first-order valence-corrected chi connectivity index (χ1v) is 5.02. The predicted molar refractivity (Wildman–Crippen MR) is 55.0 cm³/mol. The van der Waals surface area contributed by atoms with Crippen LogP contribution in [-0.2, 0) is 14.3 Å². The lowest BCUT2D eigenvalue weighted by atomic mass is 9.89. The Labute approximate surface area is 89.6 Å². The van der Waals surface area contributed by atoms with Crippen LogP contribution in [0.4, 0.5) is 0 Å². The highest BCUT2D eigenvalue weighted by Gasteiger charge is 2.41. The number of carbonyl (C=O) groups excluding carboxylic acids is 2. The molecule has 1 saturated heterocycles. The minimum absolute atomic E-state index is 0.274. The Morgan fingerprint density at radius 2 is 2.13 bits per heavy atom. The zero-order chi connectivity index (χ0) is 11.6. The van der Waals surface area contributed by atoms with Gasteiger partial charge in [-0.15, -0.1) is 0 Å². The molecular formula is C10H18N2O3. The van der Waals surface area contributed by atoms with Gasteiger partial charge in [0.2, 0.25) is 5.91 Å². The van der Waals surface area contributed by atoms with Gasteiger partial charge >= 0.3 is 5.97 Å². The summed E-state index contributed by atoms with van der Waals surface area (Å²) in [7, 11) is 1.36. The average molecular weight is 214 g/mol. The maximum atomic E-state index is 11.3. The minimum Gasteiger partial charge on any atom is -0.468 e. The van der Waals surface area contributed by atoms with Gasteiger partial charge in [0.25, 0.3) is 0 Å². The molecule has 0 saturated carbocycles. The van der Waals surface area contributed by atoms with Gasteiger partial charge in [-0.1, -0.05) is 0 Å². The summed E-state index contributed by atoms with van der Waals surface area (Å²) >= 11 is 0. The Morgan fingerprint density at radius 3 is 2.53 bits per heavy atom. The van der Waals surface area contributed by atoms with Crippen molar-refractivity contribution in [2.45, 2.75) is 26.3 Å². The van der Waals surface area contributed by atoms with Crippen molar-refractivity contribution >= 4 is 11.9 Å². The maximum Gasteiger partial charge on any atom is 0.322 e. The molecule has 0 aromatic carbocycles. The molecule has 1 aliphatic rings. The third kappa shape index (κ3) is 2.28. The van der Waals surface area contributed by atoms with Crippen molar-refractivity contribution in [3.05, 3.63) is 0 Å². The van der Waals surface area contributed by atoms with Crippen molar-refractivity contribution in [2.75, 3.05) is 20.2 Å². The number of primary amides is 1. The topological polar surface area (TPSA) is 72.6 Å². The molecule has 1 rings (SSSR count). The maximum absolute atomic E-state index is 11.3. The van der Waals surface area contributed by atoms with Crippen LogP contribution in [-0.4, -0.2) is 43.0 Å². The minimum atomic E-state index is -0.512. The fourth-order valence-corrected chi connectivity index (χ4v) is 1.85. The summed E-state index contributed by atoms with van der Waals surface area (Å²) in [6, 6.07) is -0.309. The standard InChI is InChI=1S/C10H18N2O3/c1-7(8(13)15-3)12-5-4-10(2,6-12)9(11)14/h7H,4-6H2,1-3H3,(H2,11,14). The fourth-order valence-electron chi connectivity index (χ4n) is 1.85. The Hall–Kier alpha value is -1.10. The lowest BCUT2D eigenvalue weighted by Gasteiger charge is -2.24. The summed E-state index contributed by atoms with van der Waals surface area (Å²) in [6.45, 7) is 4.84. The lowest BCUT2D eigenvalue weighted by molar-refractivity contribution is -0.146. The normalized spacial score (nSPS) is 28.7. The van der Waals surface area contributed by atoms with Crippen molar-refractivity contribution in [2.24, 2.45) is 11.1 Å². The second-order valence-corrected chi connectivity index (χ2v) is 4.34. The molecule has 1 amide bonds. The number of likely N-dealkylation sites (tertiary alicyclic amines) is 1. The van der Waals surface area contributed by atoms with Gasteiger partial charge in [0.05, 0.1) is 12.5 Å². The number of hydrogen-bond acceptors (Lipinski definition) is 4. The second-order valence-electron chi connectivity index (χ2n) is 4.34. The first-order chi connectivity index (χ1) is 6.90. The first kappa shape index (κ1) is 12.0. The number of rotatable bonds is 3. The van der Waals surface area contributed by atoms with Gasteiger partial charge < -0.3 is 10.5 Å². The van der Waals surface area contributed by atoms with Crippen LogP contribution in [0.3, 0.4) is 0 Å². The van der Waals surface area contributed by atoms with E-state index in [4.69, 9.17) is 5.73 Å². The molecule has 2 unspecified atom stereocenters. The van der Waals surface area contributed by atoms with E-state index in [1.807, 2.05) is 11.8 Å². The van der Waals surface area contributed by atoms with Crippen molar-refractivity contribution in [3.63, 3.8) is 0 Å². The van der Waals surface area contributed by atoms with E-state index in [0.717, 1.165) is 0 Å². The molecule has 0 aliphatic carbocycles. The fraction of sp³-hybridized carbons (Fsp3) is 0.800. The Bertz CT molecular complexity index is 280. The Kier molecular flexibility index (Phi) is 3.34. The average Bonchev–Trinajstić information content (AvgIpc) is 2.60. The molecule has 0 spiro atoms. The van der Waals surface area contributed by atoms with Crippen LogP contribution in [0.5, 0.6) is 0 Å². The van der Waals surface area contributed by atoms with E-state index in [9.17, 15) is 9.59 Å². The van der Waals surface area contributed by atoms with Crippen LogP contribution in [0.2, 0.25) is 0 Å². The molecule has 5 heteroatoms. The zero-order valence-electron chi connectivity index (χ0n) is 9.45. The molecular weight excluding hydrogens is 196 g/mol. The molecule has 0 aromatic heterocycles. The second kappa shape index (κ2) is 4.18. The molecule has 2 atom stereocenters. The van der Waals surface area contributed by atoms with Gasteiger partial charge in [-0.2, -0.15) is 0 Å². The van der Waals surface area contributed by atoms with E-state index >= 15 is 0 Å². The zero-order valence-corrected chi connectivity index (χ0v) is 9.45. The number of carbonyl (C=O) groups is 2. The molecule has 2 N–H and O–H groups in total. The molecule has 5 nitrogen and oxygen atoms in total. The summed E-state index contributed by atoms with van der Waals surface area (Å²) in [4.78, 5) is 24.4. The molecule has 0 radical (unpaired) electrons. The third-order valence-electron chi connectivity index (χ3n) is 3.19. The van der Waals surface area contributed by atoms with Crippen molar-refractivity contribution < 1.29 is 14.3 Å². The molecule has 1 aliphatic heterocycles. The monoisotopic (exact) mass is 214 g/mol. The van der Waals surface area contributed by atoms with Crippen molar-refractivity contribution in [1.82, 2.24) is 4.90 Å². The molecule has 86 valence electrons. The number of hydrogen-bond donors (Lipinski definition) is 1. The molecule has 1 fully saturated rings. The number of ether oxygens (including phenoxy) is 1. The SMILES string of the molecule is COC(=O)C(C)N1CCC(C)(C(N)=O)C1. The van der Waals surface area contributed by atoms with Gasteiger partial charge in [0.1, 0.15) is 6.04 Å². The molecule has 0 bridgehead atoms. The van der Waals surface area contributed by atoms with Gasteiger partial charge in [-0.3, -0.25) is 14.5 Å². The number of esters is 1. The Balaban J connectivity index is 2.64. The van der Waals surface area contributed by atoms with E-state index in [0.29, 0.717) is 19.5 Å². The van der Waals surface area contributed by atoms with E-state index in [-0.39, 0.29) is 17.9 Å². The molecule has 1 heterocycles. The van der Waals surface area contributed by atoms with Gasteiger partial charge in [0.15, 0.2) is 0 Å². The summed E-state index contributed by atoms with van der Waals surface area (Å²) in [5.74, 6) is -0.578. The first-order valence-electron chi connectivity index (χ1n) is 5.02. The quantitative estimate of drug-likeness (QED) is 0.657. The van der Waals surface area contributed by atoms with Crippen LogP contribution in [0.25, 0.3) is 0 Å². The smallest absolute Gasteiger partial charge is 0.322 e. The lowest BCUT2D eigenvalue weighted by Crippen LogP contribution is -2.42. The number of nitrogens with two attached hydrogens (primary N) is 1. The third-order valence-corrected chi connectivity index (χ3v) is 3.19. The number of amides is 1. The highest BCUT2D eigenvalue weighted by molar-refractivity contribution is 5.81. The van der Waals surface area contributed by atoms with Crippen LogP contribution < -0.4 is 5.73 Å². The largest absolute Gasteiger partial charge is 0.468 e. The van der Waals surface area contributed by atoms with E-state index < -0.39 is 5.41 Å². The van der Waals surface area contributed by atoms with Crippen LogP contribution in [0, 0.1) is 5.41 Å². The van der Waals surface area contributed by atoms with E-state index in [2.05, 4.69) is 4.74 Å². The highest BCUT2D eigenvalue weighted by atomic mass is 16.5. The number of methoxy groups -OCH3 is 1. The highest BCUT2D eigenvalue weighted by Crippen LogP contribution is 2.30.